The predicted molar refractivity (Wildman–Crippen MR) is 200 cm³/mol. The zero-order chi connectivity index (χ0) is 34.4. The van der Waals surface area contributed by atoms with Crippen molar-refractivity contribution < 1.29 is 9.47 Å². The molecule has 5 aliphatic heterocycles. The maximum Gasteiger partial charge on any atom is 0.194 e. The molecule has 11 heteroatoms. The van der Waals surface area contributed by atoms with E-state index in [2.05, 4.69) is 90.3 Å². The summed E-state index contributed by atoms with van der Waals surface area (Å²) in [5, 5.41) is 7.13. The molecule has 0 radical (unpaired) electrons. The van der Waals surface area contributed by atoms with Crippen molar-refractivity contribution in [2.75, 3.05) is 88.7 Å². The van der Waals surface area contributed by atoms with Crippen LogP contribution < -0.4 is 30.6 Å². The number of piperidine rings is 2. The largest absolute Gasteiger partial charge is 0.487 e. The quantitative estimate of drug-likeness (QED) is 0.339. The highest BCUT2D eigenvalue weighted by Crippen LogP contribution is 2.47. The van der Waals surface area contributed by atoms with Gasteiger partial charge >= 0.3 is 0 Å². The zero-order valence-corrected chi connectivity index (χ0v) is 30.0. The summed E-state index contributed by atoms with van der Waals surface area (Å²) in [5.74, 6) is 1.74. The topological polar surface area (TPSA) is 90.4 Å². The van der Waals surface area contributed by atoms with Crippen LogP contribution in [0.5, 0.6) is 5.75 Å². The molecule has 3 atom stereocenters. The van der Waals surface area contributed by atoms with Gasteiger partial charge in [0.15, 0.2) is 11.2 Å². The molecule has 8 rings (SSSR count). The lowest BCUT2D eigenvalue weighted by atomic mass is 9.72. The smallest absolute Gasteiger partial charge is 0.194 e. The molecule has 266 valence electrons. The van der Waals surface area contributed by atoms with Gasteiger partial charge in [0, 0.05) is 82.0 Å². The molecule has 2 aromatic heterocycles. The predicted octanol–water partition coefficient (Wildman–Crippen LogP) is 4.41. The van der Waals surface area contributed by atoms with Crippen molar-refractivity contribution in [2.24, 2.45) is 5.41 Å². The van der Waals surface area contributed by atoms with Crippen molar-refractivity contribution in [3.05, 3.63) is 76.4 Å². The second kappa shape index (κ2) is 13.6. The third kappa shape index (κ3) is 6.24. The van der Waals surface area contributed by atoms with Crippen LogP contribution in [0.15, 0.2) is 65.4 Å². The number of pyridine rings is 2. The average molecular weight is 681 g/mol. The van der Waals surface area contributed by atoms with Crippen LogP contribution in [0.4, 0.5) is 17.2 Å². The zero-order valence-electron chi connectivity index (χ0n) is 30.0. The van der Waals surface area contributed by atoms with Gasteiger partial charge < -0.3 is 39.4 Å². The summed E-state index contributed by atoms with van der Waals surface area (Å²) >= 11 is 0. The number of hydrogen-bond donors (Lipinski definition) is 2. The van der Waals surface area contributed by atoms with Crippen molar-refractivity contribution in [3.8, 4) is 5.75 Å². The number of anilines is 3. The number of ether oxygens (including phenoxy) is 2. The Morgan fingerprint density at radius 3 is 2.72 bits per heavy atom. The van der Waals surface area contributed by atoms with Gasteiger partial charge in [-0.3, -0.25) is 9.69 Å². The minimum Gasteiger partial charge on any atom is -0.487 e. The van der Waals surface area contributed by atoms with Crippen molar-refractivity contribution in [3.63, 3.8) is 0 Å². The van der Waals surface area contributed by atoms with Gasteiger partial charge in [-0.2, -0.15) is 0 Å². The van der Waals surface area contributed by atoms with E-state index in [1.54, 1.807) is 7.11 Å². The Morgan fingerprint density at radius 2 is 1.96 bits per heavy atom. The van der Waals surface area contributed by atoms with E-state index in [4.69, 9.17) is 9.47 Å². The van der Waals surface area contributed by atoms with E-state index in [9.17, 15) is 4.79 Å². The molecule has 1 aromatic carbocycles. The lowest BCUT2D eigenvalue weighted by molar-refractivity contribution is 0.0900. The number of nitrogens with zero attached hydrogens (tertiary/aromatic N) is 6. The Bertz CT molecular complexity index is 1820. The molecular formula is C39H52N8O3. The first-order valence-electron chi connectivity index (χ1n) is 18.4. The van der Waals surface area contributed by atoms with Crippen LogP contribution in [0.25, 0.3) is 10.9 Å². The molecular weight excluding hydrogens is 628 g/mol. The Kier molecular flexibility index (Phi) is 8.99. The maximum atomic E-state index is 14.5. The highest BCUT2D eigenvalue weighted by Gasteiger charge is 2.45. The molecule has 3 saturated heterocycles. The van der Waals surface area contributed by atoms with Crippen LogP contribution in [0, 0.1) is 5.41 Å². The maximum absolute atomic E-state index is 14.5. The molecule has 0 saturated carbocycles. The molecule has 3 unspecified atom stereocenters. The fourth-order valence-electron chi connectivity index (χ4n) is 8.71. The molecule has 0 amide bonds. The molecule has 3 aromatic rings. The van der Waals surface area contributed by atoms with Crippen molar-refractivity contribution in [1.29, 1.82) is 0 Å². The Labute approximate surface area is 295 Å². The monoisotopic (exact) mass is 680 g/mol. The van der Waals surface area contributed by atoms with Gasteiger partial charge in [-0.15, -0.1) is 0 Å². The molecule has 1 spiro atoms. The lowest BCUT2D eigenvalue weighted by Crippen LogP contribution is -2.60. The third-order valence-electron chi connectivity index (χ3n) is 11.8. The molecule has 50 heavy (non-hydrogen) atoms. The number of methoxy groups -OCH3 is 1. The van der Waals surface area contributed by atoms with Crippen LogP contribution in [-0.4, -0.2) is 105 Å². The van der Waals surface area contributed by atoms with Gasteiger partial charge in [0.25, 0.3) is 0 Å². The van der Waals surface area contributed by atoms with E-state index >= 15 is 0 Å². The van der Waals surface area contributed by atoms with Gasteiger partial charge in [0.2, 0.25) is 0 Å². The van der Waals surface area contributed by atoms with Crippen molar-refractivity contribution in [1.82, 2.24) is 24.7 Å². The number of dihydropyridines is 1. The van der Waals surface area contributed by atoms with Gasteiger partial charge in [-0.1, -0.05) is 0 Å². The summed E-state index contributed by atoms with van der Waals surface area (Å²) in [6.45, 7) is 10.4. The number of rotatable bonds is 9. The first kappa shape index (κ1) is 33.1. The van der Waals surface area contributed by atoms with Gasteiger partial charge in [-0.25, -0.2) is 4.98 Å². The molecule has 0 aliphatic carbocycles. The summed E-state index contributed by atoms with van der Waals surface area (Å²) in [4.78, 5) is 28.9. The standard InChI is InChI=1S/C39H52N8O3/c1-27-24-50-38-33(46-25-39(26-46)12-16-43(3)17-13-39)9-8-32-36(38)47(27)22-29(37(32)48)21-45(20-28-11-14-41-35(18-28)49-4)31-6-5-15-44(23-31)30-7-10-34(40-2)42-19-30/h7-11,14,18-19,22,27,31,35,41H,5-6,12-13,15-17,20-21,23-26H2,1-4H3,(H,40,42). The molecule has 11 nitrogen and oxygen atoms in total. The molecule has 5 aliphatic rings. The van der Waals surface area contributed by atoms with Crippen LogP contribution in [0.1, 0.15) is 44.2 Å². The van der Waals surface area contributed by atoms with E-state index in [0.717, 1.165) is 85.0 Å². The Balaban J connectivity index is 1.10. The van der Waals surface area contributed by atoms with Crippen LogP contribution in [0.3, 0.4) is 0 Å². The van der Waals surface area contributed by atoms with Gasteiger partial charge in [-0.05, 0) is 101 Å². The normalized spacial score (nSPS) is 24.6. The molecule has 2 N–H and O–H groups in total. The number of likely N-dealkylation sites (tertiary alicyclic amines) is 1. The Hall–Kier alpha value is -4.06. The van der Waals surface area contributed by atoms with Crippen LogP contribution in [-0.2, 0) is 11.3 Å². The first-order valence-corrected chi connectivity index (χ1v) is 18.4. The van der Waals surface area contributed by atoms with Crippen LogP contribution in [0.2, 0.25) is 0 Å². The van der Waals surface area contributed by atoms with E-state index in [1.807, 2.05) is 25.5 Å². The first-order chi connectivity index (χ1) is 24.3. The summed E-state index contributed by atoms with van der Waals surface area (Å²) in [5.41, 5.74) is 5.73. The molecule has 7 heterocycles. The number of benzene rings is 1. The summed E-state index contributed by atoms with van der Waals surface area (Å²) in [6.07, 6.45) is 14.8. The minimum atomic E-state index is -0.165. The third-order valence-corrected chi connectivity index (χ3v) is 11.8. The van der Waals surface area contributed by atoms with Gasteiger partial charge in [0.1, 0.15) is 18.7 Å². The fourth-order valence-corrected chi connectivity index (χ4v) is 8.71. The second-order valence-corrected chi connectivity index (χ2v) is 15.2. The number of hydrogen-bond acceptors (Lipinski definition) is 10. The fraction of sp³-hybridized carbons (Fsp3) is 0.538. The number of aromatic nitrogens is 2. The van der Waals surface area contributed by atoms with E-state index in [1.165, 1.54) is 31.5 Å². The summed E-state index contributed by atoms with van der Waals surface area (Å²) in [6, 6.07) is 8.77. The number of nitrogens with one attached hydrogen (secondary N) is 2. The van der Waals surface area contributed by atoms with E-state index in [-0.39, 0.29) is 23.7 Å². The highest BCUT2D eigenvalue weighted by atomic mass is 16.5. The minimum absolute atomic E-state index is 0.103. The van der Waals surface area contributed by atoms with Gasteiger partial charge in [0.05, 0.1) is 29.1 Å². The van der Waals surface area contributed by atoms with Crippen molar-refractivity contribution >= 4 is 28.1 Å². The van der Waals surface area contributed by atoms with Crippen molar-refractivity contribution in [2.45, 2.75) is 57.5 Å². The summed E-state index contributed by atoms with van der Waals surface area (Å²) in [7, 11) is 5.84. The second-order valence-electron chi connectivity index (χ2n) is 15.2. The summed E-state index contributed by atoms with van der Waals surface area (Å²) < 4.78 is 14.4. The molecule has 0 bridgehead atoms. The van der Waals surface area contributed by atoms with E-state index in [0.29, 0.717) is 18.6 Å². The van der Waals surface area contributed by atoms with Crippen LogP contribution >= 0.6 is 0 Å². The Morgan fingerprint density at radius 1 is 1.12 bits per heavy atom. The van der Waals surface area contributed by atoms with E-state index < -0.39 is 0 Å². The lowest BCUT2D eigenvalue weighted by Gasteiger charge is -2.55. The molecule has 3 fully saturated rings. The average Bonchev–Trinajstić information content (AvgIpc) is 3.14. The SMILES string of the molecule is CNc1ccc(N2CCCC(N(CC3=CC(OC)NC=C3)Cc3cn4c5c(c(N6CC7(CCN(C)CC7)C6)ccc5c3=O)OCC4C)C2)cn1. The highest BCUT2D eigenvalue weighted by molar-refractivity contribution is 5.92.